The maximum absolute atomic E-state index is 13.1. The van der Waals surface area contributed by atoms with Gasteiger partial charge in [-0.1, -0.05) is 6.07 Å². The Balaban J connectivity index is 1.58. The smallest absolute Gasteiger partial charge is 0.270 e. The lowest BCUT2D eigenvalue weighted by Gasteiger charge is -2.39. The van der Waals surface area contributed by atoms with Crippen LogP contribution in [0.25, 0.3) is 5.65 Å². The highest BCUT2D eigenvalue weighted by atomic mass is 16.5. The Hall–Kier alpha value is -2.25. The summed E-state index contributed by atoms with van der Waals surface area (Å²) < 4.78 is 6.85. The van der Waals surface area contributed by atoms with Gasteiger partial charge in [0.2, 0.25) is 0 Å². The molecule has 1 amide bonds. The largest absolute Gasteiger partial charge is 0.379 e. The van der Waals surface area contributed by atoms with E-state index in [1.54, 1.807) is 18.3 Å². The molecule has 2 aliphatic heterocycles. The van der Waals surface area contributed by atoms with Crippen molar-refractivity contribution in [1.29, 1.82) is 0 Å². The number of piperidine rings is 1. The summed E-state index contributed by atoms with van der Waals surface area (Å²) in [4.78, 5) is 34.4. The first-order valence-electron chi connectivity index (χ1n) is 9.31. The number of hydrogen-bond donors (Lipinski definition) is 0. The van der Waals surface area contributed by atoms with Crippen LogP contribution >= 0.6 is 0 Å². The summed E-state index contributed by atoms with van der Waals surface area (Å²) in [5.74, 6) is -0.196. The van der Waals surface area contributed by atoms with E-state index in [9.17, 15) is 9.59 Å². The van der Waals surface area contributed by atoms with Gasteiger partial charge in [-0.25, -0.2) is 4.98 Å². The molecule has 1 atom stereocenters. The third-order valence-electron chi connectivity index (χ3n) is 5.30. The van der Waals surface area contributed by atoms with Gasteiger partial charge in [0, 0.05) is 44.6 Å². The van der Waals surface area contributed by atoms with Gasteiger partial charge in [0.25, 0.3) is 11.5 Å². The third kappa shape index (κ3) is 3.37. The summed E-state index contributed by atoms with van der Waals surface area (Å²) in [5.41, 5.74) is 0.413. The molecule has 7 nitrogen and oxygen atoms in total. The van der Waals surface area contributed by atoms with E-state index in [0.29, 0.717) is 12.2 Å². The number of likely N-dealkylation sites (tertiary alicyclic amines) is 1. The Morgan fingerprint density at radius 1 is 1.19 bits per heavy atom. The summed E-state index contributed by atoms with van der Waals surface area (Å²) in [5, 5.41) is 0. The van der Waals surface area contributed by atoms with E-state index >= 15 is 0 Å². The number of pyridine rings is 1. The average molecular weight is 356 g/mol. The number of aromatic nitrogens is 2. The van der Waals surface area contributed by atoms with Gasteiger partial charge < -0.3 is 9.64 Å². The van der Waals surface area contributed by atoms with Crippen LogP contribution < -0.4 is 5.56 Å². The number of fused-ring (bicyclic) bond motifs is 1. The first-order chi connectivity index (χ1) is 12.7. The first-order valence-corrected chi connectivity index (χ1v) is 9.31. The average Bonchev–Trinajstić information content (AvgIpc) is 2.69. The van der Waals surface area contributed by atoms with E-state index in [4.69, 9.17) is 4.74 Å². The fourth-order valence-corrected chi connectivity index (χ4v) is 3.87. The zero-order valence-corrected chi connectivity index (χ0v) is 14.8. The number of nitrogens with zero attached hydrogens (tertiary/aromatic N) is 4. The molecule has 2 aliphatic rings. The standard InChI is InChI=1S/C19H24N4O3/c24-18(16-13-20-17-6-2-4-8-23(17)19(16)25)22-7-3-1-5-15(22)14-21-9-11-26-12-10-21/h2,4,6,8,13,15H,1,3,5,7,9-12,14H2. The van der Waals surface area contributed by atoms with Gasteiger partial charge in [-0.15, -0.1) is 0 Å². The van der Waals surface area contributed by atoms with Crippen molar-refractivity contribution in [3.8, 4) is 0 Å². The van der Waals surface area contributed by atoms with Gasteiger partial charge in [-0.05, 0) is 31.4 Å². The van der Waals surface area contributed by atoms with Gasteiger partial charge in [-0.2, -0.15) is 0 Å². The number of amides is 1. The molecule has 0 radical (unpaired) electrons. The molecule has 7 heteroatoms. The number of hydrogen-bond acceptors (Lipinski definition) is 5. The van der Waals surface area contributed by atoms with Crippen molar-refractivity contribution < 1.29 is 9.53 Å². The molecule has 2 saturated heterocycles. The molecule has 2 aromatic heterocycles. The quantitative estimate of drug-likeness (QED) is 0.821. The van der Waals surface area contributed by atoms with Crippen LogP contribution in [0.3, 0.4) is 0 Å². The SMILES string of the molecule is O=C(c1cnc2ccccn2c1=O)N1CCCCC1CN1CCOCC1. The predicted octanol–water partition coefficient (Wildman–Crippen LogP) is 1.02. The monoisotopic (exact) mass is 356 g/mol. The second kappa shape index (κ2) is 7.55. The van der Waals surface area contributed by atoms with Crippen molar-refractivity contribution in [3.05, 3.63) is 46.5 Å². The summed E-state index contributed by atoms with van der Waals surface area (Å²) in [6.45, 7) is 4.84. The number of carbonyl (C=O) groups is 1. The van der Waals surface area contributed by atoms with E-state index < -0.39 is 0 Å². The zero-order valence-electron chi connectivity index (χ0n) is 14.8. The molecule has 0 aliphatic carbocycles. The highest BCUT2D eigenvalue weighted by Gasteiger charge is 2.31. The molecule has 0 spiro atoms. The Bertz CT molecular complexity index is 844. The van der Waals surface area contributed by atoms with Crippen LogP contribution in [0.4, 0.5) is 0 Å². The highest BCUT2D eigenvalue weighted by Crippen LogP contribution is 2.20. The van der Waals surface area contributed by atoms with Crippen LogP contribution in [0.5, 0.6) is 0 Å². The normalized spacial score (nSPS) is 21.8. The van der Waals surface area contributed by atoms with Gasteiger partial charge >= 0.3 is 0 Å². The Labute approximate surface area is 152 Å². The molecule has 26 heavy (non-hydrogen) atoms. The van der Waals surface area contributed by atoms with Crippen LogP contribution in [0.2, 0.25) is 0 Å². The van der Waals surface area contributed by atoms with Crippen LogP contribution in [-0.2, 0) is 4.74 Å². The summed E-state index contributed by atoms with van der Waals surface area (Å²) in [7, 11) is 0. The lowest BCUT2D eigenvalue weighted by Crippen LogP contribution is -2.52. The van der Waals surface area contributed by atoms with Crippen molar-refractivity contribution in [1.82, 2.24) is 19.2 Å². The second-order valence-electron chi connectivity index (χ2n) is 6.97. The molecule has 0 bridgehead atoms. The van der Waals surface area contributed by atoms with Crippen LogP contribution in [0.1, 0.15) is 29.6 Å². The first kappa shape index (κ1) is 17.2. The van der Waals surface area contributed by atoms with E-state index in [1.807, 2.05) is 11.0 Å². The van der Waals surface area contributed by atoms with E-state index in [0.717, 1.165) is 52.1 Å². The fourth-order valence-electron chi connectivity index (χ4n) is 3.87. The van der Waals surface area contributed by atoms with Crippen LogP contribution in [0, 0.1) is 0 Å². The molecule has 0 saturated carbocycles. The van der Waals surface area contributed by atoms with Gasteiger partial charge in [0.05, 0.1) is 13.2 Å². The molecule has 138 valence electrons. The Morgan fingerprint density at radius 3 is 2.88 bits per heavy atom. The topological polar surface area (TPSA) is 67.2 Å². The minimum Gasteiger partial charge on any atom is -0.379 e. The second-order valence-corrected chi connectivity index (χ2v) is 6.97. The van der Waals surface area contributed by atoms with Gasteiger partial charge in [0.15, 0.2) is 0 Å². The van der Waals surface area contributed by atoms with E-state index in [1.165, 1.54) is 10.6 Å². The highest BCUT2D eigenvalue weighted by molar-refractivity contribution is 5.94. The number of morpholine rings is 1. The molecule has 0 N–H and O–H groups in total. The van der Waals surface area contributed by atoms with E-state index in [-0.39, 0.29) is 23.1 Å². The Morgan fingerprint density at radius 2 is 2.04 bits per heavy atom. The van der Waals surface area contributed by atoms with Crippen LogP contribution in [0.15, 0.2) is 35.4 Å². The van der Waals surface area contributed by atoms with Crippen molar-refractivity contribution >= 4 is 11.6 Å². The summed E-state index contributed by atoms with van der Waals surface area (Å²) >= 11 is 0. The fraction of sp³-hybridized carbons (Fsp3) is 0.526. The molecule has 4 rings (SSSR count). The molecular formula is C19H24N4O3. The maximum Gasteiger partial charge on any atom is 0.270 e. The van der Waals surface area contributed by atoms with E-state index in [2.05, 4.69) is 9.88 Å². The van der Waals surface area contributed by atoms with Crippen molar-refractivity contribution in [2.75, 3.05) is 39.4 Å². The van der Waals surface area contributed by atoms with Gasteiger partial charge in [-0.3, -0.25) is 18.9 Å². The lowest BCUT2D eigenvalue weighted by atomic mass is 10.0. The van der Waals surface area contributed by atoms with Crippen molar-refractivity contribution in [2.45, 2.75) is 25.3 Å². The molecule has 1 unspecified atom stereocenters. The van der Waals surface area contributed by atoms with Crippen molar-refractivity contribution in [2.24, 2.45) is 0 Å². The Kier molecular flexibility index (Phi) is 4.99. The molecule has 2 fully saturated rings. The zero-order chi connectivity index (χ0) is 17.9. The minimum absolute atomic E-state index is 0.144. The molecular weight excluding hydrogens is 332 g/mol. The molecule has 0 aromatic carbocycles. The summed E-state index contributed by atoms with van der Waals surface area (Å²) in [6, 6.07) is 5.50. The van der Waals surface area contributed by atoms with Gasteiger partial charge in [0.1, 0.15) is 11.2 Å². The van der Waals surface area contributed by atoms with Crippen molar-refractivity contribution in [3.63, 3.8) is 0 Å². The minimum atomic E-state index is -0.295. The summed E-state index contributed by atoms with van der Waals surface area (Å²) in [6.07, 6.45) is 6.16. The number of carbonyl (C=O) groups excluding carboxylic acids is 1. The predicted molar refractivity (Wildman–Crippen MR) is 97.4 cm³/mol. The molecule has 2 aromatic rings. The third-order valence-corrected chi connectivity index (χ3v) is 5.30. The molecule has 4 heterocycles. The number of ether oxygens (including phenoxy) is 1. The number of rotatable bonds is 3. The lowest BCUT2D eigenvalue weighted by molar-refractivity contribution is 0.0165. The van der Waals surface area contributed by atoms with Crippen LogP contribution in [-0.4, -0.2) is 70.5 Å². The maximum atomic E-state index is 13.1.